The summed E-state index contributed by atoms with van der Waals surface area (Å²) in [4.78, 5) is 4.18. The Hall–Kier alpha value is -0.390. The summed E-state index contributed by atoms with van der Waals surface area (Å²) in [7, 11) is 2.05. The van der Waals surface area contributed by atoms with E-state index in [1.165, 1.54) is 11.5 Å². The molecule has 1 aromatic heterocycles. The quantitative estimate of drug-likeness (QED) is 0.885. The largest absolute Gasteiger partial charge is 0.398 e. The number of hydrogen-bond donors (Lipinski definition) is 2. The maximum atomic E-state index is 6.01. The van der Waals surface area contributed by atoms with Crippen LogP contribution in [0.5, 0.6) is 0 Å². The van der Waals surface area contributed by atoms with E-state index in [0.29, 0.717) is 16.5 Å². The lowest BCUT2D eigenvalue weighted by Crippen LogP contribution is -2.44. The first-order valence-electron chi connectivity index (χ1n) is 6.31. The molecule has 3 N–H and O–H groups in total. The van der Waals surface area contributed by atoms with Crippen molar-refractivity contribution >= 4 is 29.2 Å². The second-order valence-corrected chi connectivity index (χ2v) is 7.36. The van der Waals surface area contributed by atoms with E-state index in [-0.39, 0.29) is 0 Å². The second-order valence-electron chi connectivity index (χ2n) is 4.59. The standard InChI is InChI=1S/C13H21N3S2/c1-9-13(18-6-5-17-9)12(15-2)7-10-8-16-4-3-11(10)14/h3-4,8-9,12-13,15H,5-7H2,1-2H3,(H2,14,16). The normalized spacial score (nSPS) is 25.9. The van der Waals surface area contributed by atoms with E-state index in [9.17, 15) is 0 Å². The molecule has 3 nitrogen and oxygen atoms in total. The number of likely N-dealkylation sites (N-methyl/N-ethyl adjacent to an activating group) is 1. The first-order valence-corrected chi connectivity index (χ1v) is 8.41. The highest BCUT2D eigenvalue weighted by Crippen LogP contribution is 2.34. The number of nitrogens with two attached hydrogens (primary N) is 1. The van der Waals surface area contributed by atoms with Gasteiger partial charge in [0.05, 0.1) is 0 Å². The van der Waals surface area contributed by atoms with Crippen LogP contribution in [0.15, 0.2) is 18.5 Å². The van der Waals surface area contributed by atoms with Crippen LogP contribution in [0.25, 0.3) is 0 Å². The molecule has 0 saturated carbocycles. The average molecular weight is 283 g/mol. The SMILES string of the molecule is CNC(Cc1cnccc1N)C1SCCSC1C. The van der Waals surface area contributed by atoms with Crippen molar-refractivity contribution in [3.8, 4) is 0 Å². The monoisotopic (exact) mass is 283 g/mol. The number of nitrogens with one attached hydrogen (secondary N) is 1. The highest BCUT2D eigenvalue weighted by atomic mass is 32.2. The van der Waals surface area contributed by atoms with Crippen molar-refractivity contribution in [2.45, 2.75) is 29.9 Å². The van der Waals surface area contributed by atoms with Crippen molar-refractivity contribution < 1.29 is 0 Å². The number of nitrogens with zero attached hydrogens (tertiary/aromatic N) is 1. The smallest absolute Gasteiger partial charge is 0.0378 e. The molecule has 1 aliphatic heterocycles. The highest BCUT2D eigenvalue weighted by Gasteiger charge is 2.29. The molecule has 1 fully saturated rings. The van der Waals surface area contributed by atoms with Crippen molar-refractivity contribution in [2.24, 2.45) is 0 Å². The Balaban J connectivity index is 2.07. The average Bonchev–Trinajstić information content (AvgIpc) is 2.39. The number of aromatic nitrogens is 1. The lowest BCUT2D eigenvalue weighted by Gasteiger charge is -2.34. The molecule has 0 spiro atoms. The molecule has 0 radical (unpaired) electrons. The predicted octanol–water partition coefficient (Wildman–Crippen LogP) is 2.03. The summed E-state index contributed by atoms with van der Waals surface area (Å²) in [5.74, 6) is 2.52. The second kappa shape index (κ2) is 6.68. The van der Waals surface area contributed by atoms with E-state index in [4.69, 9.17) is 5.73 Å². The zero-order valence-corrected chi connectivity index (χ0v) is 12.6. The maximum absolute atomic E-state index is 6.01. The molecule has 3 unspecified atom stereocenters. The minimum absolute atomic E-state index is 0.462. The molecule has 0 aromatic carbocycles. The first kappa shape index (κ1) is 14.0. The number of hydrogen-bond acceptors (Lipinski definition) is 5. The highest BCUT2D eigenvalue weighted by molar-refractivity contribution is 8.07. The molecule has 0 amide bonds. The Kier molecular flexibility index (Phi) is 5.21. The number of thioether (sulfide) groups is 2. The molecule has 1 aromatic rings. The lowest BCUT2D eigenvalue weighted by atomic mass is 10.0. The van der Waals surface area contributed by atoms with Gasteiger partial charge >= 0.3 is 0 Å². The van der Waals surface area contributed by atoms with Gasteiger partial charge in [-0.25, -0.2) is 0 Å². The van der Waals surface area contributed by atoms with Crippen LogP contribution in [0.1, 0.15) is 12.5 Å². The van der Waals surface area contributed by atoms with E-state index in [2.05, 4.69) is 40.7 Å². The molecule has 0 aliphatic carbocycles. The molecule has 100 valence electrons. The Labute approximate surface area is 118 Å². The van der Waals surface area contributed by atoms with Crippen molar-refractivity contribution in [2.75, 3.05) is 24.3 Å². The summed E-state index contributed by atoms with van der Waals surface area (Å²) in [5, 5.41) is 4.80. The molecular weight excluding hydrogens is 262 g/mol. The Bertz CT molecular complexity index is 386. The molecule has 5 heteroatoms. The fraction of sp³-hybridized carbons (Fsp3) is 0.615. The molecular formula is C13H21N3S2. The number of rotatable bonds is 4. The van der Waals surface area contributed by atoms with E-state index < -0.39 is 0 Å². The van der Waals surface area contributed by atoms with Gasteiger partial charge in [0, 0.05) is 46.1 Å². The van der Waals surface area contributed by atoms with Crippen LogP contribution in [0.3, 0.4) is 0 Å². The summed E-state index contributed by atoms with van der Waals surface area (Å²) in [5.41, 5.74) is 8.01. The van der Waals surface area contributed by atoms with Gasteiger partial charge in [-0.2, -0.15) is 23.5 Å². The van der Waals surface area contributed by atoms with Gasteiger partial charge in [-0.15, -0.1) is 0 Å². The van der Waals surface area contributed by atoms with Gasteiger partial charge in [0.1, 0.15) is 0 Å². The van der Waals surface area contributed by atoms with Crippen LogP contribution in [0.4, 0.5) is 5.69 Å². The first-order chi connectivity index (χ1) is 8.72. The van der Waals surface area contributed by atoms with Crippen molar-refractivity contribution in [1.29, 1.82) is 0 Å². The summed E-state index contributed by atoms with van der Waals surface area (Å²) in [6, 6.07) is 2.35. The summed E-state index contributed by atoms with van der Waals surface area (Å²) < 4.78 is 0. The van der Waals surface area contributed by atoms with Gasteiger partial charge in [0.25, 0.3) is 0 Å². The molecule has 0 bridgehead atoms. The molecule has 3 atom stereocenters. The van der Waals surface area contributed by atoms with Crippen LogP contribution < -0.4 is 11.1 Å². The van der Waals surface area contributed by atoms with Crippen molar-refractivity contribution in [1.82, 2.24) is 10.3 Å². The van der Waals surface area contributed by atoms with Crippen LogP contribution in [0, 0.1) is 0 Å². The Morgan fingerprint density at radius 3 is 2.94 bits per heavy atom. The van der Waals surface area contributed by atoms with Crippen LogP contribution >= 0.6 is 23.5 Å². The maximum Gasteiger partial charge on any atom is 0.0378 e. The van der Waals surface area contributed by atoms with Gasteiger partial charge in [-0.3, -0.25) is 4.98 Å². The zero-order chi connectivity index (χ0) is 13.0. The Morgan fingerprint density at radius 2 is 2.28 bits per heavy atom. The van der Waals surface area contributed by atoms with Gasteiger partial charge in [0.2, 0.25) is 0 Å². The minimum Gasteiger partial charge on any atom is -0.398 e. The fourth-order valence-electron chi connectivity index (χ4n) is 2.32. The zero-order valence-electron chi connectivity index (χ0n) is 10.9. The van der Waals surface area contributed by atoms with Gasteiger partial charge in [0.15, 0.2) is 0 Å². The molecule has 1 saturated heterocycles. The molecule has 1 aliphatic rings. The third-order valence-corrected chi connectivity index (χ3v) is 6.64. The van der Waals surface area contributed by atoms with Crippen molar-refractivity contribution in [3.63, 3.8) is 0 Å². The van der Waals surface area contributed by atoms with E-state index in [1.807, 2.05) is 19.3 Å². The van der Waals surface area contributed by atoms with Gasteiger partial charge in [-0.05, 0) is 25.1 Å². The summed E-state index contributed by atoms with van der Waals surface area (Å²) in [6.07, 6.45) is 4.60. The molecule has 2 heterocycles. The van der Waals surface area contributed by atoms with Crippen LogP contribution in [-0.4, -0.2) is 40.1 Å². The minimum atomic E-state index is 0.462. The summed E-state index contributed by atoms with van der Waals surface area (Å²) in [6.45, 7) is 2.33. The number of nitrogen functional groups attached to an aromatic ring is 1. The predicted molar refractivity (Wildman–Crippen MR) is 83.4 cm³/mol. The summed E-state index contributed by atoms with van der Waals surface area (Å²) >= 11 is 4.16. The fourth-order valence-corrected chi connectivity index (χ4v) is 5.32. The molecule has 18 heavy (non-hydrogen) atoms. The van der Waals surface area contributed by atoms with Gasteiger partial charge < -0.3 is 11.1 Å². The number of anilines is 1. The number of pyridine rings is 1. The lowest BCUT2D eigenvalue weighted by molar-refractivity contribution is 0.531. The van der Waals surface area contributed by atoms with Crippen LogP contribution in [-0.2, 0) is 6.42 Å². The third-order valence-electron chi connectivity index (χ3n) is 3.39. The van der Waals surface area contributed by atoms with Crippen molar-refractivity contribution in [3.05, 3.63) is 24.0 Å². The third kappa shape index (κ3) is 3.33. The van der Waals surface area contributed by atoms with Crippen LogP contribution in [0.2, 0.25) is 0 Å². The topological polar surface area (TPSA) is 50.9 Å². The van der Waals surface area contributed by atoms with E-state index >= 15 is 0 Å². The molecule has 2 rings (SSSR count). The Morgan fingerprint density at radius 1 is 1.50 bits per heavy atom. The van der Waals surface area contributed by atoms with E-state index in [1.54, 1.807) is 6.20 Å². The van der Waals surface area contributed by atoms with Gasteiger partial charge in [-0.1, -0.05) is 6.92 Å². The van der Waals surface area contributed by atoms with E-state index in [0.717, 1.165) is 17.7 Å².